The van der Waals surface area contributed by atoms with Gasteiger partial charge in [0.15, 0.2) is 0 Å². The molecule has 2 fully saturated rings. The van der Waals surface area contributed by atoms with E-state index in [1.807, 2.05) is 6.92 Å². The highest BCUT2D eigenvalue weighted by Gasteiger charge is 2.29. The lowest BCUT2D eigenvalue weighted by atomic mass is 9.99. The lowest BCUT2D eigenvalue weighted by molar-refractivity contribution is 0.0925. The van der Waals surface area contributed by atoms with Crippen molar-refractivity contribution in [2.45, 2.75) is 45.2 Å². The predicted octanol–water partition coefficient (Wildman–Crippen LogP) is 1.83. The first-order valence-corrected chi connectivity index (χ1v) is 10.1. The Bertz CT molecular complexity index is 739. The van der Waals surface area contributed by atoms with Crippen molar-refractivity contribution in [1.82, 2.24) is 10.6 Å². The molecule has 2 saturated heterocycles. The van der Waals surface area contributed by atoms with Gasteiger partial charge in [-0.1, -0.05) is 0 Å². The number of carbonyl (C=O) groups excluding carboxylic acids is 1. The molecule has 1 aromatic rings. The molecule has 8 heteroatoms. The number of benzene rings is 1. The number of sulfonamides is 1. The number of aryl methyl sites for hydroxylation is 1. The second kappa shape index (κ2) is 7.93. The minimum atomic E-state index is -3.19. The third-order valence-electron chi connectivity index (χ3n) is 4.80. The van der Waals surface area contributed by atoms with Crippen molar-refractivity contribution in [2.24, 2.45) is 0 Å². The summed E-state index contributed by atoms with van der Waals surface area (Å²) < 4.78 is 25.5. The molecule has 25 heavy (non-hydrogen) atoms. The highest BCUT2D eigenvalue weighted by molar-refractivity contribution is 7.93. The van der Waals surface area contributed by atoms with Crippen molar-refractivity contribution in [3.8, 4) is 0 Å². The molecule has 0 aromatic heterocycles. The third kappa shape index (κ3) is 4.46. The van der Waals surface area contributed by atoms with Gasteiger partial charge < -0.3 is 10.6 Å². The van der Waals surface area contributed by atoms with Crippen LogP contribution in [-0.4, -0.2) is 45.3 Å². The van der Waals surface area contributed by atoms with Gasteiger partial charge in [0.05, 0.1) is 11.4 Å². The summed E-state index contributed by atoms with van der Waals surface area (Å²) >= 11 is 0. The number of nitrogens with one attached hydrogen (secondary N) is 2. The Balaban J connectivity index is 0.00000225. The minimum Gasteiger partial charge on any atom is -0.349 e. The zero-order valence-corrected chi connectivity index (χ0v) is 16.3. The van der Waals surface area contributed by atoms with Crippen LogP contribution in [-0.2, 0) is 10.0 Å². The van der Waals surface area contributed by atoms with E-state index in [-0.39, 0.29) is 30.1 Å². The van der Waals surface area contributed by atoms with E-state index < -0.39 is 10.0 Å². The van der Waals surface area contributed by atoms with E-state index in [9.17, 15) is 13.2 Å². The number of halogens is 1. The molecule has 0 radical (unpaired) electrons. The third-order valence-corrected chi connectivity index (χ3v) is 6.67. The van der Waals surface area contributed by atoms with Crippen molar-refractivity contribution in [3.05, 3.63) is 29.3 Å². The summed E-state index contributed by atoms with van der Waals surface area (Å²) in [6, 6.07) is 5.86. The van der Waals surface area contributed by atoms with Crippen LogP contribution < -0.4 is 14.9 Å². The Hall–Kier alpha value is -1.31. The normalized spacial score (nSPS) is 25.3. The number of hydrogen-bond donors (Lipinski definition) is 2. The smallest absolute Gasteiger partial charge is 0.251 e. The van der Waals surface area contributed by atoms with Gasteiger partial charge in [-0.05, 0) is 63.4 Å². The fourth-order valence-corrected chi connectivity index (χ4v) is 5.07. The molecule has 2 aliphatic heterocycles. The molecular formula is C17H26ClN3O3S. The molecule has 0 aliphatic carbocycles. The van der Waals surface area contributed by atoms with Crippen molar-refractivity contribution < 1.29 is 13.2 Å². The molecule has 1 amide bonds. The van der Waals surface area contributed by atoms with Gasteiger partial charge in [0.1, 0.15) is 0 Å². The van der Waals surface area contributed by atoms with Crippen LogP contribution in [0.1, 0.15) is 42.1 Å². The first-order chi connectivity index (χ1) is 11.4. The summed E-state index contributed by atoms with van der Waals surface area (Å²) in [5, 5.41) is 6.47. The second-order valence-electron chi connectivity index (χ2n) is 6.79. The van der Waals surface area contributed by atoms with Crippen molar-refractivity contribution in [3.63, 3.8) is 0 Å². The lowest BCUT2D eigenvalue weighted by Crippen LogP contribution is -2.46. The van der Waals surface area contributed by atoms with Crippen molar-refractivity contribution >= 4 is 34.0 Å². The quantitative estimate of drug-likeness (QED) is 0.829. The molecule has 2 aliphatic rings. The van der Waals surface area contributed by atoms with Crippen LogP contribution in [0.25, 0.3) is 0 Å². The van der Waals surface area contributed by atoms with Gasteiger partial charge in [0.25, 0.3) is 5.91 Å². The van der Waals surface area contributed by atoms with Gasteiger partial charge in [0, 0.05) is 24.2 Å². The summed E-state index contributed by atoms with van der Waals surface area (Å²) in [7, 11) is -3.19. The van der Waals surface area contributed by atoms with Crippen molar-refractivity contribution in [2.75, 3.05) is 23.1 Å². The molecule has 6 nitrogen and oxygen atoms in total. The molecule has 3 rings (SSSR count). The zero-order chi connectivity index (χ0) is 17.3. The lowest BCUT2D eigenvalue weighted by Gasteiger charge is -2.29. The van der Waals surface area contributed by atoms with E-state index in [4.69, 9.17) is 0 Å². The van der Waals surface area contributed by atoms with Gasteiger partial charge in [0.2, 0.25) is 10.0 Å². The SMILES string of the molecule is Cc1cc(N2CCCS2(=O)=O)ccc1C(=O)NC1CCNC(C)C1.Cl. The summed E-state index contributed by atoms with van der Waals surface area (Å²) in [5.41, 5.74) is 2.06. The molecule has 140 valence electrons. The van der Waals surface area contributed by atoms with Gasteiger partial charge >= 0.3 is 0 Å². The molecule has 1 aromatic carbocycles. The number of hydrogen-bond acceptors (Lipinski definition) is 4. The van der Waals surface area contributed by atoms with Crippen LogP contribution in [0, 0.1) is 6.92 Å². The first kappa shape index (κ1) is 20.0. The van der Waals surface area contributed by atoms with Crippen LogP contribution in [0.15, 0.2) is 18.2 Å². The Kier molecular flexibility index (Phi) is 6.35. The second-order valence-corrected chi connectivity index (χ2v) is 8.80. The Morgan fingerprint density at radius 1 is 1.36 bits per heavy atom. The number of piperidine rings is 1. The zero-order valence-electron chi connectivity index (χ0n) is 14.6. The maximum absolute atomic E-state index is 12.5. The van der Waals surface area contributed by atoms with E-state index in [1.54, 1.807) is 18.2 Å². The molecule has 0 saturated carbocycles. The predicted molar refractivity (Wildman–Crippen MR) is 102 cm³/mol. The molecule has 2 unspecified atom stereocenters. The summed E-state index contributed by atoms with van der Waals surface area (Å²) in [6.45, 7) is 5.40. The molecule has 0 bridgehead atoms. The first-order valence-electron chi connectivity index (χ1n) is 8.52. The molecular weight excluding hydrogens is 362 g/mol. The van der Waals surface area contributed by atoms with E-state index in [2.05, 4.69) is 17.6 Å². The maximum atomic E-state index is 12.5. The largest absolute Gasteiger partial charge is 0.349 e. The average Bonchev–Trinajstić information content (AvgIpc) is 2.86. The van der Waals surface area contributed by atoms with Crippen LogP contribution in [0.2, 0.25) is 0 Å². The number of carbonyl (C=O) groups is 1. The number of anilines is 1. The molecule has 2 atom stereocenters. The summed E-state index contributed by atoms with van der Waals surface area (Å²) in [6.07, 6.45) is 2.51. The topological polar surface area (TPSA) is 78.5 Å². The highest BCUT2D eigenvalue weighted by Crippen LogP contribution is 2.26. The van der Waals surface area contributed by atoms with Crippen LogP contribution in [0.3, 0.4) is 0 Å². The Labute approximate surface area is 155 Å². The van der Waals surface area contributed by atoms with Crippen molar-refractivity contribution in [1.29, 1.82) is 0 Å². The molecule has 0 spiro atoms. The number of amides is 1. The van der Waals surface area contributed by atoms with Crippen LogP contribution in [0.5, 0.6) is 0 Å². The van der Waals surface area contributed by atoms with Crippen LogP contribution in [0.4, 0.5) is 5.69 Å². The average molecular weight is 388 g/mol. The van der Waals surface area contributed by atoms with E-state index in [0.717, 1.165) is 24.9 Å². The number of rotatable bonds is 3. The Morgan fingerprint density at radius 3 is 2.72 bits per heavy atom. The maximum Gasteiger partial charge on any atom is 0.251 e. The van der Waals surface area contributed by atoms with Gasteiger partial charge in [-0.25, -0.2) is 8.42 Å². The Morgan fingerprint density at radius 2 is 2.12 bits per heavy atom. The van der Waals surface area contributed by atoms with E-state index >= 15 is 0 Å². The summed E-state index contributed by atoms with van der Waals surface area (Å²) in [4.78, 5) is 12.5. The molecule has 2 heterocycles. The fraction of sp³-hybridized carbons (Fsp3) is 0.588. The van der Waals surface area contributed by atoms with Crippen LogP contribution >= 0.6 is 12.4 Å². The van der Waals surface area contributed by atoms with E-state index in [1.165, 1.54) is 4.31 Å². The van der Waals surface area contributed by atoms with E-state index in [0.29, 0.717) is 30.3 Å². The monoisotopic (exact) mass is 387 g/mol. The standard InChI is InChI=1S/C17H25N3O3S.ClH/c1-12-10-15(20-8-3-9-24(20,22)23)4-5-16(12)17(21)19-14-6-7-18-13(2)11-14;/h4-5,10,13-14,18H,3,6-9,11H2,1-2H3,(H,19,21);1H. The fourth-order valence-electron chi connectivity index (χ4n) is 3.51. The highest BCUT2D eigenvalue weighted by atomic mass is 35.5. The van der Waals surface area contributed by atoms with Gasteiger partial charge in [-0.2, -0.15) is 0 Å². The number of nitrogens with zero attached hydrogens (tertiary/aromatic N) is 1. The minimum absolute atomic E-state index is 0. The molecule has 2 N–H and O–H groups in total. The van der Waals surface area contributed by atoms with Gasteiger partial charge in [-0.3, -0.25) is 9.10 Å². The van der Waals surface area contributed by atoms with Gasteiger partial charge in [-0.15, -0.1) is 12.4 Å². The summed E-state index contributed by atoms with van der Waals surface area (Å²) in [5.74, 6) is 0.116.